The van der Waals surface area contributed by atoms with E-state index in [1.165, 1.54) is 23.8 Å². The second-order valence-corrected chi connectivity index (χ2v) is 5.73. The summed E-state index contributed by atoms with van der Waals surface area (Å²) >= 11 is 0. The summed E-state index contributed by atoms with van der Waals surface area (Å²) in [5.74, 6) is -0.398. The molecule has 2 radical (unpaired) electrons. The van der Waals surface area contributed by atoms with E-state index in [-0.39, 0.29) is 22.1 Å². The number of phenolic OH excluding ortho intramolecular Hbond substituents is 2. The van der Waals surface area contributed by atoms with E-state index in [2.05, 4.69) is 0 Å². The second kappa shape index (κ2) is 9.13. The van der Waals surface area contributed by atoms with E-state index in [0.717, 1.165) is 24.8 Å². The van der Waals surface area contributed by atoms with Gasteiger partial charge in [-0.15, -0.1) is 0 Å². The third kappa shape index (κ3) is 4.28. The molecule has 5 heteroatoms. The molecule has 2 aromatic carbocycles. The molecule has 0 aliphatic heterocycles. The van der Waals surface area contributed by atoms with Crippen molar-refractivity contribution in [1.82, 2.24) is 0 Å². The number of aryl methyl sites for hydroxylation is 1. The molecule has 0 unspecified atom stereocenters. The number of aromatic hydroxyl groups is 2. The molecule has 0 spiro atoms. The summed E-state index contributed by atoms with van der Waals surface area (Å²) in [6.07, 6.45) is 3.67. The van der Waals surface area contributed by atoms with Crippen molar-refractivity contribution < 1.29 is 14.6 Å². The van der Waals surface area contributed by atoms with Gasteiger partial charge in [0.25, 0.3) is 0 Å². The van der Waals surface area contributed by atoms with Gasteiger partial charge in [0.1, 0.15) is 5.76 Å². The van der Waals surface area contributed by atoms with E-state index in [9.17, 15) is 15.0 Å². The minimum atomic E-state index is -0.426. The molecule has 0 atom stereocenters. The summed E-state index contributed by atoms with van der Waals surface area (Å²) in [6.45, 7) is 4.00. The summed E-state index contributed by atoms with van der Waals surface area (Å²) in [6, 6.07) is 11.8. The molecule has 0 aliphatic rings. The van der Waals surface area contributed by atoms with Crippen LogP contribution in [0.15, 0.2) is 51.7 Å². The zero-order valence-electron chi connectivity index (χ0n) is 15.2. The van der Waals surface area contributed by atoms with Crippen LogP contribution in [0.1, 0.15) is 32.3 Å². The molecule has 0 saturated heterocycles. The average Bonchev–Trinajstić information content (AvgIpc) is 2.67. The van der Waals surface area contributed by atoms with Crippen molar-refractivity contribution in [2.45, 2.75) is 39.4 Å². The van der Waals surface area contributed by atoms with E-state index >= 15 is 0 Å². The lowest BCUT2D eigenvalue weighted by Crippen LogP contribution is -2.00. The molecule has 1 aromatic heterocycles. The molecule has 0 amide bonds. The highest BCUT2D eigenvalue weighted by atomic mass is 16.4. The molecule has 0 bridgehead atoms. The second-order valence-electron chi connectivity index (χ2n) is 5.73. The van der Waals surface area contributed by atoms with Gasteiger partial charge in [-0.05, 0) is 30.5 Å². The molecular weight excluding hydrogens is 327 g/mol. The van der Waals surface area contributed by atoms with Gasteiger partial charge in [-0.1, -0.05) is 50.9 Å². The van der Waals surface area contributed by atoms with E-state index in [0.29, 0.717) is 12.1 Å². The quantitative estimate of drug-likeness (QED) is 0.394. The van der Waals surface area contributed by atoms with Crippen LogP contribution >= 0.6 is 0 Å². The van der Waals surface area contributed by atoms with E-state index in [4.69, 9.17) is 12.3 Å². The largest absolute Gasteiger partial charge is 0.504 e. The Hall–Kier alpha value is -2.69. The van der Waals surface area contributed by atoms with Gasteiger partial charge in [-0.2, -0.15) is 0 Å². The summed E-state index contributed by atoms with van der Waals surface area (Å²) in [5, 5.41) is 19.7. The van der Waals surface area contributed by atoms with Gasteiger partial charge in [-0.3, -0.25) is 4.79 Å². The molecule has 0 aliphatic carbocycles. The van der Waals surface area contributed by atoms with Crippen molar-refractivity contribution in [2.24, 2.45) is 0 Å². The molecule has 2 N–H and O–H groups in total. The topological polar surface area (TPSA) is 70.7 Å². The van der Waals surface area contributed by atoms with Crippen molar-refractivity contribution in [1.29, 1.82) is 0 Å². The van der Waals surface area contributed by atoms with Gasteiger partial charge in [0.2, 0.25) is 5.75 Å². The number of benzene rings is 2. The van der Waals surface area contributed by atoms with Crippen molar-refractivity contribution in [3.05, 3.63) is 58.3 Å². The number of unbranched alkanes of at least 4 members (excludes halogenated alkanes) is 1. The van der Waals surface area contributed by atoms with Crippen molar-refractivity contribution >= 4 is 18.8 Å². The van der Waals surface area contributed by atoms with Crippen LogP contribution in [-0.2, 0) is 6.42 Å². The first-order chi connectivity index (χ1) is 12.6. The monoisotopic (exact) mass is 350 g/mol. The molecular formula is C21H23BO4. The molecule has 4 nitrogen and oxygen atoms in total. The van der Waals surface area contributed by atoms with Gasteiger partial charge in [0, 0.05) is 11.6 Å². The highest BCUT2D eigenvalue weighted by Crippen LogP contribution is 2.34. The van der Waals surface area contributed by atoms with Crippen LogP contribution in [0.3, 0.4) is 0 Å². The van der Waals surface area contributed by atoms with Crippen LogP contribution in [0.2, 0.25) is 6.32 Å². The highest BCUT2D eigenvalue weighted by molar-refractivity contribution is 6.08. The van der Waals surface area contributed by atoms with E-state index in [1.54, 1.807) is 0 Å². The lowest BCUT2D eigenvalue weighted by atomic mass is 9.97. The summed E-state index contributed by atoms with van der Waals surface area (Å²) in [5.41, 5.74) is 1.65. The Morgan fingerprint density at radius 2 is 1.69 bits per heavy atom. The Labute approximate surface area is 154 Å². The summed E-state index contributed by atoms with van der Waals surface area (Å²) < 4.78 is 5.65. The first-order valence-electron chi connectivity index (χ1n) is 8.88. The van der Waals surface area contributed by atoms with Crippen molar-refractivity contribution in [3.63, 3.8) is 0 Å². The molecule has 26 heavy (non-hydrogen) atoms. The fraction of sp³-hybridized carbons (Fsp3) is 0.286. The van der Waals surface area contributed by atoms with Gasteiger partial charge < -0.3 is 14.6 Å². The number of hydrogen-bond donors (Lipinski definition) is 2. The molecule has 134 valence electrons. The summed E-state index contributed by atoms with van der Waals surface area (Å²) in [4.78, 5) is 12.2. The number of rotatable bonds is 5. The third-order valence-electron chi connectivity index (χ3n) is 4.01. The highest BCUT2D eigenvalue weighted by Gasteiger charge is 2.13. The Kier molecular flexibility index (Phi) is 6.90. The van der Waals surface area contributed by atoms with E-state index < -0.39 is 5.75 Å². The molecule has 0 saturated carbocycles. The predicted molar refractivity (Wildman–Crippen MR) is 106 cm³/mol. The smallest absolute Gasteiger partial charge is 0.201 e. The SMILES string of the molecule is CC.[B]CCCCc1ccc(-c2cc(=O)c3ccc(O)c(O)c3o2)cc1. The molecule has 1 heterocycles. The maximum absolute atomic E-state index is 12.2. The zero-order valence-corrected chi connectivity index (χ0v) is 15.2. The Morgan fingerprint density at radius 3 is 2.35 bits per heavy atom. The van der Waals surface area contributed by atoms with Gasteiger partial charge >= 0.3 is 0 Å². The lowest BCUT2D eigenvalue weighted by Gasteiger charge is -2.07. The standard InChI is InChI=1S/C19H17BO4.C2H6/c20-10-2-1-3-12-4-6-13(7-5-12)17-11-16(22)14-8-9-15(21)18(23)19(14)24-17;1-2/h4-9,11,21,23H,1-3,10H2;1-2H3. The average molecular weight is 350 g/mol. The Morgan fingerprint density at radius 1 is 1.00 bits per heavy atom. The van der Waals surface area contributed by atoms with Crippen LogP contribution < -0.4 is 5.43 Å². The van der Waals surface area contributed by atoms with Crippen LogP contribution in [0.25, 0.3) is 22.3 Å². The number of fused-ring (bicyclic) bond motifs is 1. The summed E-state index contributed by atoms with van der Waals surface area (Å²) in [7, 11) is 5.49. The Bertz CT molecular complexity index is 914. The normalized spacial score (nSPS) is 10.4. The Balaban J connectivity index is 0.00000117. The molecule has 3 aromatic rings. The van der Waals surface area contributed by atoms with Crippen LogP contribution in [0.5, 0.6) is 11.5 Å². The van der Waals surface area contributed by atoms with E-state index in [1.807, 2.05) is 38.1 Å². The first-order valence-corrected chi connectivity index (χ1v) is 8.88. The van der Waals surface area contributed by atoms with Crippen LogP contribution in [-0.4, -0.2) is 18.1 Å². The van der Waals surface area contributed by atoms with Crippen LogP contribution in [0.4, 0.5) is 0 Å². The zero-order chi connectivity index (χ0) is 19.1. The van der Waals surface area contributed by atoms with Gasteiger partial charge in [0.15, 0.2) is 16.8 Å². The van der Waals surface area contributed by atoms with Crippen molar-refractivity contribution in [3.8, 4) is 22.8 Å². The van der Waals surface area contributed by atoms with Gasteiger partial charge in [0.05, 0.1) is 13.2 Å². The van der Waals surface area contributed by atoms with Gasteiger partial charge in [-0.25, -0.2) is 0 Å². The van der Waals surface area contributed by atoms with Crippen LogP contribution in [0, 0.1) is 0 Å². The molecule has 0 fully saturated rings. The minimum absolute atomic E-state index is 0.00970. The fourth-order valence-corrected chi connectivity index (χ4v) is 2.65. The fourth-order valence-electron chi connectivity index (χ4n) is 2.65. The minimum Gasteiger partial charge on any atom is -0.504 e. The maximum atomic E-state index is 12.2. The van der Waals surface area contributed by atoms with Crippen molar-refractivity contribution in [2.75, 3.05) is 0 Å². The lowest BCUT2D eigenvalue weighted by molar-refractivity contribution is 0.400. The number of hydrogen-bond acceptors (Lipinski definition) is 4. The molecule has 3 rings (SSSR count). The first kappa shape index (κ1) is 19.6. The number of phenols is 2. The third-order valence-corrected chi connectivity index (χ3v) is 4.01. The predicted octanol–water partition coefficient (Wildman–Crippen LogP) is 4.81. The maximum Gasteiger partial charge on any atom is 0.201 e.